The molecule has 146 valence electrons. The first-order chi connectivity index (χ1) is 12.7. The van der Waals surface area contributed by atoms with E-state index in [1.807, 2.05) is 30.3 Å². The number of halogens is 1. The van der Waals surface area contributed by atoms with Crippen LogP contribution in [-0.2, 0) is 17.8 Å². The van der Waals surface area contributed by atoms with E-state index in [9.17, 15) is 4.79 Å². The third kappa shape index (κ3) is 6.89. The third-order valence-corrected chi connectivity index (χ3v) is 5.07. The van der Waals surface area contributed by atoms with Crippen LogP contribution in [0.3, 0.4) is 0 Å². The Morgan fingerprint density at radius 3 is 2.44 bits per heavy atom. The molecular weight excluding hydrogens is 360 g/mol. The number of hydrogen-bond donors (Lipinski definition) is 2. The summed E-state index contributed by atoms with van der Waals surface area (Å²) in [6.45, 7) is 1.23. The van der Waals surface area contributed by atoms with Crippen LogP contribution in [-0.4, -0.2) is 18.5 Å². The Bertz CT molecular complexity index is 691. The molecular formula is C22H29ClN2O2. The van der Waals surface area contributed by atoms with Crippen molar-refractivity contribution in [1.29, 1.82) is 0 Å². The lowest BCUT2D eigenvalue weighted by Crippen LogP contribution is -2.32. The second kappa shape index (κ2) is 11.0. The van der Waals surface area contributed by atoms with E-state index in [1.54, 1.807) is 0 Å². The van der Waals surface area contributed by atoms with E-state index < -0.39 is 0 Å². The average molecular weight is 389 g/mol. The Hall–Kier alpha value is -2.04. The van der Waals surface area contributed by atoms with Gasteiger partial charge in [0.05, 0.1) is 0 Å². The molecule has 1 saturated carbocycles. The van der Waals surface area contributed by atoms with Gasteiger partial charge in [-0.15, -0.1) is 12.4 Å². The Kier molecular flexibility index (Phi) is 8.62. The van der Waals surface area contributed by atoms with Gasteiger partial charge in [0.15, 0.2) is 0 Å². The molecule has 0 radical (unpaired) electrons. The monoisotopic (exact) mass is 388 g/mol. The highest BCUT2D eigenvalue weighted by atomic mass is 35.5. The summed E-state index contributed by atoms with van der Waals surface area (Å²) in [7, 11) is 0. The highest BCUT2D eigenvalue weighted by Gasteiger charge is 2.25. The van der Waals surface area contributed by atoms with Crippen LogP contribution < -0.4 is 15.8 Å². The molecule has 1 amide bonds. The molecule has 27 heavy (non-hydrogen) atoms. The number of carbonyl (C=O) groups is 1. The van der Waals surface area contributed by atoms with E-state index in [0.717, 1.165) is 37.0 Å². The second-order valence-electron chi connectivity index (χ2n) is 7.08. The molecule has 0 aromatic heterocycles. The summed E-state index contributed by atoms with van der Waals surface area (Å²) in [6.07, 6.45) is 4.67. The molecule has 1 fully saturated rings. The number of ether oxygens (including phenoxy) is 1. The second-order valence-corrected chi connectivity index (χ2v) is 7.08. The van der Waals surface area contributed by atoms with E-state index in [2.05, 4.69) is 29.6 Å². The maximum absolute atomic E-state index is 12.0. The Labute approximate surface area is 167 Å². The number of nitrogens with one attached hydrogen (secondary N) is 1. The topological polar surface area (TPSA) is 64.4 Å². The number of carbonyl (C=O) groups excluding carboxylic acids is 1. The average Bonchev–Trinajstić information content (AvgIpc) is 3.06. The summed E-state index contributed by atoms with van der Waals surface area (Å²) in [5, 5.41) is 3.01. The van der Waals surface area contributed by atoms with Gasteiger partial charge in [-0.1, -0.05) is 48.9 Å². The number of amides is 1. The van der Waals surface area contributed by atoms with Crippen molar-refractivity contribution in [2.75, 3.05) is 6.54 Å². The molecule has 0 heterocycles. The van der Waals surface area contributed by atoms with Crippen LogP contribution in [0.5, 0.6) is 5.75 Å². The molecule has 0 bridgehead atoms. The highest BCUT2D eigenvalue weighted by Crippen LogP contribution is 2.26. The molecule has 1 aliphatic carbocycles. The van der Waals surface area contributed by atoms with Gasteiger partial charge >= 0.3 is 0 Å². The van der Waals surface area contributed by atoms with Crippen molar-refractivity contribution in [3.05, 3.63) is 65.7 Å². The molecule has 3 rings (SSSR count). The Balaban J connectivity index is 0.00000261. The minimum Gasteiger partial charge on any atom is -0.489 e. The number of hydrogen-bond acceptors (Lipinski definition) is 3. The van der Waals surface area contributed by atoms with Crippen LogP contribution in [0.4, 0.5) is 0 Å². The standard InChI is InChI=1S/C22H28N2O2.ClH/c23-21-8-4-7-19(21)15-22(25)24-14-13-17-9-11-20(12-10-17)26-16-18-5-2-1-3-6-18;/h1-3,5-6,9-12,19,21H,4,7-8,13-16,23H2,(H,24,25);1H/t19-,21+;/m0./s1. The fraction of sp³-hybridized carbons (Fsp3) is 0.409. The van der Waals surface area contributed by atoms with Gasteiger partial charge in [-0.3, -0.25) is 4.79 Å². The van der Waals surface area contributed by atoms with E-state index >= 15 is 0 Å². The molecule has 3 N–H and O–H groups in total. The maximum Gasteiger partial charge on any atom is 0.220 e. The lowest BCUT2D eigenvalue weighted by molar-refractivity contribution is -0.122. The minimum atomic E-state index is 0. The fourth-order valence-corrected chi connectivity index (χ4v) is 3.47. The molecule has 0 spiro atoms. The molecule has 1 aliphatic rings. The van der Waals surface area contributed by atoms with Gasteiger partial charge in [0.25, 0.3) is 0 Å². The van der Waals surface area contributed by atoms with Crippen LogP contribution in [0.2, 0.25) is 0 Å². The van der Waals surface area contributed by atoms with Crippen molar-refractivity contribution in [3.8, 4) is 5.75 Å². The summed E-state index contributed by atoms with van der Waals surface area (Å²) in [5.41, 5.74) is 8.37. The predicted octanol–water partition coefficient (Wildman–Crippen LogP) is 3.86. The third-order valence-electron chi connectivity index (χ3n) is 5.07. The zero-order valence-electron chi connectivity index (χ0n) is 15.6. The van der Waals surface area contributed by atoms with Gasteiger partial charge in [-0.25, -0.2) is 0 Å². The predicted molar refractivity (Wildman–Crippen MR) is 111 cm³/mol. The first-order valence-electron chi connectivity index (χ1n) is 9.48. The van der Waals surface area contributed by atoms with Crippen LogP contribution in [0.15, 0.2) is 54.6 Å². The van der Waals surface area contributed by atoms with Crippen molar-refractivity contribution >= 4 is 18.3 Å². The molecule has 0 unspecified atom stereocenters. The molecule has 5 heteroatoms. The zero-order chi connectivity index (χ0) is 18.2. The quantitative estimate of drug-likeness (QED) is 0.721. The van der Waals surface area contributed by atoms with Crippen LogP contribution in [0.25, 0.3) is 0 Å². The fourth-order valence-electron chi connectivity index (χ4n) is 3.47. The summed E-state index contributed by atoms with van der Waals surface area (Å²) in [4.78, 5) is 12.0. The van der Waals surface area contributed by atoms with Gasteiger partial charge in [-0.2, -0.15) is 0 Å². The van der Waals surface area contributed by atoms with Gasteiger partial charge in [0.2, 0.25) is 5.91 Å². The van der Waals surface area contributed by atoms with E-state index in [1.165, 1.54) is 5.56 Å². The lowest BCUT2D eigenvalue weighted by atomic mass is 10.00. The number of rotatable bonds is 8. The smallest absolute Gasteiger partial charge is 0.220 e. The van der Waals surface area contributed by atoms with Gasteiger partial charge < -0.3 is 15.8 Å². The Morgan fingerprint density at radius 1 is 1.04 bits per heavy atom. The molecule has 0 saturated heterocycles. The largest absolute Gasteiger partial charge is 0.489 e. The van der Waals surface area contributed by atoms with Crippen molar-refractivity contribution in [1.82, 2.24) is 5.32 Å². The number of benzene rings is 2. The van der Waals surface area contributed by atoms with Crippen LogP contribution >= 0.6 is 12.4 Å². The summed E-state index contributed by atoms with van der Waals surface area (Å²) in [5.74, 6) is 1.34. The molecule has 2 aromatic carbocycles. The molecule has 0 aliphatic heterocycles. The maximum atomic E-state index is 12.0. The lowest BCUT2D eigenvalue weighted by Gasteiger charge is -2.14. The first-order valence-corrected chi connectivity index (χ1v) is 9.48. The van der Waals surface area contributed by atoms with Crippen LogP contribution in [0, 0.1) is 5.92 Å². The van der Waals surface area contributed by atoms with Crippen molar-refractivity contribution < 1.29 is 9.53 Å². The molecule has 4 nitrogen and oxygen atoms in total. The van der Waals surface area contributed by atoms with Gasteiger partial charge in [0.1, 0.15) is 12.4 Å². The van der Waals surface area contributed by atoms with Crippen molar-refractivity contribution in [2.45, 2.75) is 44.8 Å². The van der Waals surface area contributed by atoms with Gasteiger partial charge in [-0.05, 0) is 48.4 Å². The van der Waals surface area contributed by atoms with Crippen molar-refractivity contribution in [3.63, 3.8) is 0 Å². The van der Waals surface area contributed by atoms with Crippen LogP contribution in [0.1, 0.15) is 36.8 Å². The molecule has 2 aromatic rings. The van der Waals surface area contributed by atoms with E-state index in [4.69, 9.17) is 10.5 Å². The van der Waals surface area contributed by atoms with E-state index in [-0.39, 0.29) is 24.4 Å². The summed E-state index contributed by atoms with van der Waals surface area (Å²) in [6, 6.07) is 18.4. The highest BCUT2D eigenvalue weighted by molar-refractivity contribution is 5.85. The molecule has 2 atom stereocenters. The summed E-state index contributed by atoms with van der Waals surface area (Å²) >= 11 is 0. The first kappa shape index (κ1) is 21.3. The van der Waals surface area contributed by atoms with Crippen molar-refractivity contribution in [2.24, 2.45) is 11.7 Å². The number of nitrogens with two attached hydrogens (primary N) is 1. The minimum absolute atomic E-state index is 0. The zero-order valence-corrected chi connectivity index (χ0v) is 16.4. The Morgan fingerprint density at radius 2 is 1.78 bits per heavy atom. The summed E-state index contributed by atoms with van der Waals surface area (Å²) < 4.78 is 5.79. The van der Waals surface area contributed by atoms with E-state index in [0.29, 0.717) is 25.5 Å². The van der Waals surface area contributed by atoms with Gasteiger partial charge in [0, 0.05) is 19.0 Å². The SMILES string of the molecule is Cl.N[C@@H]1CCC[C@H]1CC(=O)NCCc1ccc(OCc2ccccc2)cc1. The normalized spacial score (nSPS) is 18.6.